The molecule has 0 aliphatic heterocycles. The highest BCUT2D eigenvalue weighted by Crippen LogP contribution is 2.17. The summed E-state index contributed by atoms with van der Waals surface area (Å²) in [5, 5.41) is 18.1. The van der Waals surface area contributed by atoms with Crippen molar-refractivity contribution in [2.24, 2.45) is 0 Å². The van der Waals surface area contributed by atoms with Gasteiger partial charge in [-0.2, -0.15) is 0 Å². The SMILES string of the molecule is CC(=O)c1ccccc1[C@@H](O)CO. The van der Waals surface area contributed by atoms with E-state index in [1.807, 2.05) is 0 Å². The Bertz CT molecular complexity index is 307. The van der Waals surface area contributed by atoms with Crippen molar-refractivity contribution in [2.75, 3.05) is 6.61 Å². The summed E-state index contributed by atoms with van der Waals surface area (Å²) in [6.07, 6.45) is -0.972. The van der Waals surface area contributed by atoms with E-state index in [4.69, 9.17) is 5.11 Å². The second kappa shape index (κ2) is 4.16. The second-order valence-electron chi connectivity index (χ2n) is 2.84. The van der Waals surface area contributed by atoms with Crippen molar-refractivity contribution < 1.29 is 15.0 Å². The highest BCUT2D eigenvalue weighted by Gasteiger charge is 2.12. The zero-order valence-corrected chi connectivity index (χ0v) is 7.40. The lowest BCUT2D eigenvalue weighted by Crippen LogP contribution is -2.08. The van der Waals surface area contributed by atoms with Crippen molar-refractivity contribution in [3.05, 3.63) is 35.4 Å². The fourth-order valence-corrected chi connectivity index (χ4v) is 1.21. The summed E-state index contributed by atoms with van der Waals surface area (Å²) >= 11 is 0. The molecule has 3 nitrogen and oxygen atoms in total. The normalized spacial score (nSPS) is 12.5. The Hall–Kier alpha value is -1.19. The van der Waals surface area contributed by atoms with E-state index in [-0.39, 0.29) is 12.4 Å². The fraction of sp³-hybridized carbons (Fsp3) is 0.300. The largest absolute Gasteiger partial charge is 0.393 e. The number of hydrogen-bond acceptors (Lipinski definition) is 3. The van der Waals surface area contributed by atoms with Gasteiger partial charge >= 0.3 is 0 Å². The Morgan fingerprint density at radius 3 is 2.62 bits per heavy atom. The molecule has 1 aromatic carbocycles. The van der Waals surface area contributed by atoms with E-state index < -0.39 is 6.10 Å². The van der Waals surface area contributed by atoms with Crippen LogP contribution in [0.2, 0.25) is 0 Å². The van der Waals surface area contributed by atoms with E-state index >= 15 is 0 Å². The number of aliphatic hydroxyl groups is 2. The second-order valence-corrected chi connectivity index (χ2v) is 2.84. The number of rotatable bonds is 3. The van der Waals surface area contributed by atoms with Gasteiger partial charge in [-0.3, -0.25) is 4.79 Å². The van der Waals surface area contributed by atoms with E-state index in [1.54, 1.807) is 24.3 Å². The smallest absolute Gasteiger partial charge is 0.160 e. The molecule has 0 aliphatic rings. The lowest BCUT2D eigenvalue weighted by molar-refractivity contribution is 0.0911. The number of carbonyl (C=O) groups excluding carboxylic acids is 1. The molecule has 1 aromatic rings. The molecule has 3 heteroatoms. The van der Waals surface area contributed by atoms with Crippen LogP contribution in [0, 0.1) is 0 Å². The molecular formula is C10H12O3. The van der Waals surface area contributed by atoms with Crippen molar-refractivity contribution >= 4 is 5.78 Å². The molecule has 13 heavy (non-hydrogen) atoms. The van der Waals surface area contributed by atoms with Gasteiger partial charge in [-0.25, -0.2) is 0 Å². The number of ketones is 1. The lowest BCUT2D eigenvalue weighted by atomic mass is 10.0. The molecule has 0 aromatic heterocycles. The maximum Gasteiger partial charge on any atom is 0.160 e. The minimum Gasteiger partial charge on any atom is -0.393 e. The third kappa shape index (κ3) is 2.14. The first-order chi connectivity index (χ1) is 6.16. The standard InChI is InChI=1S/C10H12O3/c1-7(12)8-4-2-3-5-9(8)10(13)6-11/h2-5,10-11,13H,6H2,1H3/t10-/m0/s1. The third-order valence-electron chi connectivity index (χ3n) is 1.87. The first-order valence-corrected chi connectivity index (χ1v) is 4.05. The zero-order chi connectivity index (χ0) is 9.84. The van der Waals surface area contributed by atoms with Gasteiger partial charge in [0.15, 0.2) is 5.78 Å². The van der Waals surface area contributed by atoms with E-state index in [2.05, 4.69) is 0 Å². The maximum atomic E-state index is 11.1. The van der Waals surface area contributed by atoms with Gasteiger partial charge in [-0.15, -0.1) is 0 Å². The number of hydrogen-bond donors (Lipinski definition) is 2. The molecule has 2 N–H and O–H groups in total. The molecule has 0 fully saturated rings. The lowest BCUT2D eigenvalue weighted by Gasteiger charge is -2.10. The van der Waals surface area contributed by atoms with Crippen LogP contribution in [-0.4, -0.2) is 22.6 Å². The summed E-state index contributed by atoms with van der Waals surface area (Å²) in [5.41, 5.74) is 0.946. The van der Waals surface area contributed by atoms with Crippen LogP contribution in [0.4, 0.5) is 0 Å². The Kier molecular flexibility index (Phi) is 3.17. The monoisotopic (exact) mass is 180 g/mol. The molecule has 70 valence electrons. The van der Waals surface area contributed by atoms with Gasteiger partial charge in [0.2, 0.25) is 0 Å². The van der Waals surface area contributed by atoms with Crippen LogP contribution in [0.15, 0.2) is 24.3 Å². The molecule has 0 heterocycles. The molecule has 1 atom stereocenters. The van der Waals surface area contributed by atoms with Crippen LogP contribution in [0.3, 0.4) is 0 Å². The number of aliphatic hydroxyl groups excluding tert-OH is 2. The third-order valence-corrected chi connectivity index (χ3v) is 1.87. The van der Waals surface area contributed by atoms with Crippen molar-refractivity contribution in [1.29, 1.82) is 0 Å². The molecular weight excluding hydrogens is 168 g/mol. The van der Waals surface area contributed by atoms with Crippen molar-refractivity contribution in [1.82, 2.24) is 0 Å². The molecule has 0 radical (unpaired) electrons. The Labute approximate surface area is 76.6 Å². The molecule has 0 spiro atoms. The Morgan fingerprint density at radius 2 is 2.08 bits per heavy atom. The highest BCUT2D eigenvalue weighted by molar-refractivity contribution is 5.95. The Morgan fingerprint density at radius 1 is 1.46 bits per heavy atom. The molecule has 0 saturated heterocycles. The average Bonchev–Trinajstić information content (AvgIpc) is 2.16. The van der Waals surface area contributed by atoms with Crippen LogP contribution in [0.25, 0.3) is 0 Å². The molecule has 0 aliphatic carbocycles. The predicted molar refractivity (Wildman–Crippen MR) is 48.5 cm³/mol. The summed E-state index contributed by atoms with van der Waals surface area (Å²) in [4.78, 5) is 11.1. The predicted octanol–water partition coefficient (Wildman–Crippen LogP) is 0.915. The first-order valence-electron chi connectivity index (χ1n) is 4.05. The van der Waals surface area contributed by atoms with Crippen LogP contribution >= 0.6 is 0 Å². The van der Waals surface area contributed by atoms with Crippen molar-refractivity contribution in [2.45, 2.75) is 13.0 Å². The van der Waals surface area contributed by atoms with E-state index in [0.717, 1.165) is 0 Å². The number of carbonyl (C=O) groups is 1. The van der Waals surface area contributed by atoms with Gasteiger partial charge in [-0.1, -0.05) is 24.3 Å². The minimum absolute atomic E-state index is 0.108. The molecule has 0 unspecified atom stereocenters. The van der Waals surface area contributed by atoms with E-state index in [0.29, 0.717) is 11.1 Å². The minimum atomic E-state index is -0.972. The summed E-state index contributed by atoms with van der Waals surface area (Å²) < 4.78 is 0. The highest BCUT2D eigenvalue weighted by atomic mass is 16.3. The van der Waals surface area contributed by atoms with Gasteiger partial charge in [0.25, 0.3) is 0 Å². The summed E-state index contributed by atoms with van der Waals surface area (Å²) in [6, 6.07) is 6.72. The molecule has 0 amide bonds. The fourth-order valence-electron chi connectivity index (χ4n) is 1.21. The summed E-state index contributed by atoms with van der Waals surface area (Å²) in [5.74, 6) is -0.108. The molecule has 0 saturated carbocycles. The topological polar surface area (TPSA) is 57.5 Å². The first kappa shape index (κ1) is 9.89. The number of benzene rings is 1. The molecule has 0 bridgehead atoms. The summed E-state index contributed by atoms with van der Waals surface area (Å²) in [6.45, 7) is 1.06. The zero-order valence-electron chi connectivity index (χ0n) is 7.40. The average molecular weight is 180 g/mol. The quantitative estimate of drug-likeness (QED) is 0.680. The van der Waals surface area contributed by atoms with Gasteiger partial charge in [0.05, 0.1) is 6.61 Å². The summed E-state index contributed by atoms with van der Waals surface area (Å²) in [7, 11) is 0. The van der Waals surface area contributed by atoms with Crippen LogP contribution in [0.1, 0.15) is 28.9 Å². The maximum absolute atomic E-state index is 11.1. The van der Waals surface area contributed by atoms with E-state index in [9.17, 15) is 9.90 Å². The van der Waals surface area contributed by atoms with Crippen molar-refractivity contribution in [3.8, 4) is 0 Å². The van der Waals surface area contributed by atoms with Crippen LogP contribution in [0.5, 0.6) is 0 Å². The van der Waals surface area contributed by atoms with Crippen LogP contribution in [-0.2, 0) is 0 Å². The van der Waals surface area contributed by atoms with Gasteiger partial charge in [-0.05, 0) is 12.5 Å². The van der Waals surface area contributed by atoms with Gasteiger partial charge in [0, 0.05) is 5.56 Å². The van der Waals surface area contributed by atoms with Gasteiger partial charge in [0.1, 0.15) is 6.10 Å². The van der Waals surface area contributed by atoms with Crippen LogP contribution < -0.4 is 0 Å². The van der Waals surface area contributed by atoms with E-state index in [1.165, 1.54) is 6.92 Å². The molecule has 1 rings (SSSR count). The Balaban J connectivity index is 3.11. The number of Topliss-reactive ketones (excluding diaryl/α,β-unsaturated/α-hetero) is 1. The van der Waals surface area contributed by atoms with Gasteiger partial charge < -0.3 is 10.2 Å². The van der Waals surface area contributed by atoms with Crippen molar-refractivity contribution in [3.63, 3.8) is 0 Å².